The maximum absolute atomic E-state index is 4.73. The Balaban J connectivity index is 1.91. The first-order valence-electron chi connectivity index (χ1n) is 5.85. The number of nitrogens with one attached hydrogen (secondary N) is 1. The summed E-state index contributed by atoms with van der Waals surface area (Å²) in [5, 5.41) is 7.68. The second-order valence-corrected chi connectivity index (χ2v) is 7.48. The molecule has 0 saturated carbocycles. The van der Waals surface area contributed by atoms with Crippen molar-refractivity contribution in [2.24, 2.45) is 0 Å². The molecule has 0 bridgehead atoms. The van der Waals surface area contributed by atoms with Crippen LogP contribution in [0, 0.1) is 0 Å². The first-order valence-corrected chi connectivity index (χ1v) is 7.78. The highest BCUT2D eigenvalue weighted by atomic mass is 32.2. The van der Waals surface area contributed by atoms with Crippen LogP contribution in [-0.2, 0) is 6.54 Å². The molecule has 0 radical (unpaired) electrons. The Morgan fingerprint density at radius 3 is 2.94 bits per heavy atom. The highest BCUT2D eigenvalue weighted by Crippen LogP contribution is 2.40. The summed E-state index contributed by atoms with van der Waals surface area (Å²) < 4.78 is 0. The fourth-order valence-corrected chi connectivity index (χ4v) is 4.03. The molecule has 2 rings (SSSR count). The topological polar surface area (TPSA) is 24.9 Å². The number of hydrogen-bond acceptors (Lipinski definition) is 4. The van der Waals surface area contributed by atoms with Crippen LogP contribution in [0.25, 0.3) is 0 Å². The van der Waals surface area contributed by atoms with E-state index in [9.17, 15) is 0 Å². The Bertz CT molecular complexity index is 335. The average molecular weight is 256 g/mol. The highest BCUT2D eigenvalue weighted by molar-refractivity contribution is 7.99. The Morgan fingerprint density at radius 2 is 2.31 bits per heavy atom. The Hall–Kier alpha value is -0.0600. The van der Waals surface area contributed by atoms with Crippen LogP contribution in [0.2, 0.25) is 0 Å². The van der Waals surface area contributed by atoms with Crippen molar-refractivity contribution in [1.29, 1.82) is 0 Å². The van der Waals surface area contributed by atoms with Gasteiger partial charge < -0.3 is 5.32 Å². The van der Waals surface area contributed by atoms with Gasteiger partial charge in [0.1, 0.15) is 5.01 Å². The van der Waals surface area contributed by atoms with Crippen molar-refractivity contribution in [2.45, 2.75) is 50.9 Å². The molecule has 1 unspecified atom stereocenters. The molecule has 1 atom stereocenters. The molecule has 16 heavy (non-hydrogen) atoms. The van der Waals surface area contributed by atoms with Crippen molar-refractivity contribution in [3.63, 3.8) is 0 Å². The molecule has 1 fully saturated rings. The first kappa shape index (κ1) is 12.4. The van der Waals surface area contributed by atoms with Gasteiger partial charge in [0, 0.05) is 17.5 Å². The van der Waals surface area contributed by atoms with Crippen LogP contribution in [0.3, 0.4) is 0 Å². The lowest BCUT2D eigenvalue weighted by molar-refractivity contribution is 0.421. The van der Waals surface area contributed by atoms with Crippen LogP contribution in [0.4, 0.5) is 0 Å². The molecular weight excluding hydrogens is 236 g/mol. The molecule has 0 aliphatic carbocycles. The van der Waals surface area contributed by atoms with Gasteiger partial charge in [-0.3, -0.25) is 0 Å². The minimum absolute atomic E-state index is 0.173. The third-order valence-corrected chi connectivity index (χ3v) is 5.12. The normalized spacial score (nSPS) is 21.6. The molecule has 0 spiro atoms. The fraction of sp³-hybridized carbons (Fsp3) is 0.750. The van der Waals surface area contributed by atoms with Gasteiger partial charge in [-0.2, -0.15) is 11.8 Å². The lowest BCUT2D eigenvalue weighted by Crippen LogP contribution is -2.35. The summed E-state index contributed by atoms with van der Waals surface area (Å²) in [5.41, 5.74) is 1.37. The summed E-state index contributed by atoms with van der Waals surface area (Å²) in [7, 11) is 0. The Kier molecular flexibility index (Phi) is 3.93. The van der Waals surface area contributed by atoms with Gasteiger partial charge in [-0.15, -0.1) is 11.3 Å². The van der Waals surface area contributed by atoms with E-state index in [0.717, 1.165) is 6.54 Å². The third-order valence-electron chi connectivity index (χ3n) is 2.57. The monoisotopic (exact) mass is 256 g/mol. The molecule has 0 aromatic carbocycles. The molecule has 1 aromatic heterocycles. The van der Waals surface area contributed by atoms with Crippen molar-refractivity contribution < 1.29 is 0 Å². The van der Waals surface area contributed by atoms with Crippen LogP contribution in [0.5, 0.6) is 0 Å². The number of rotatable bonds is 3. The van der Waals surface area contributed by atoms with E-state index in [1.54, 1.807) is 0 Å². The molecule has 2 nitrogen and oxygen atoms in total. The largest absolute Gasteiger partial charge is 0.306 e. The number of hydrogen-bond donors (Lipinski definition) is 1. The molecule has 1 N–H and O–H groups in total. The van der Waals surface area contributed by atoms with Crippen molar-refractivity contribution in [2.75, 3.05) is 5.75 Å². The van der Waals surface area contributed by atoms with Gasteiger partial charge in [0.2, 0.25) is 0 Å². The molecule has 1 aliphatic heterocycles. The second kappa shape index (κ2) is 5.07. The van der Waals surface area contributed by atoms with E-state index in [1.165, 1.54) is 29.3 Å². The standard InChI is InChI=1S/C12H20N2S2/c1-12(2,3)13-7-9-8-16-11(14-9)10-5-4-6-15-10/h8,10,13H,4-7H2,1-3H3. The molecular formula is C12H20N2S2. The molecule has 4 heteroatoms. The van der Waals surface area contributed by atoms with Crippen LogP contribution in [-0.4, -0.2) is 16.3 Å². The Labute approximate surface area is 106 Å². The van der Waals surface area contributed by atoms with Gasteiger partial charge in [-0.05, 0) is 39.4 Å². The quantitative estimate of drug-likeness (QED) is 0.894. The molecule has 1 aliphatic rings. The van der Waals surface area contributed by atoms with Gasteiger partial charge in [0.25, 0.3) is 0 Å². The van der Waals surface area contributed by atoms with E-state index in [4.69, 9.17) is 4.98 Å². The zero-order valence-electron chi connectivity index (χ0n) is 10.2. The van der Waals surface area contributed by atoms with E-state index in [1.807, 2.05) is 11.3 Å². The minimum atomic E-state index is 0.173. The molecule has 1 saturated heterocycles. The Morgan fingerprint density at radius 1 is 1.50 bits per heavy atom. The molecule has 90 valence electrons. The third kappa shape index (κ3) is 3.47. The zero-order valence-corrected chi connectivity index (χ0v) is 11.9. The summed E-state index contributed by atoms with van der Waals surface area (Å²) in [5.74, 6) is 1.31. The summed E-state index contributed by atoms with van der Waals surface area (Å²) in [6.07, 6.45) is 2.66. The summed E-state index contributed by atoms with van der Waals surface area (Å²) >= 11 is 3.89. The summed E-state index contributed by atoms with van der Waals surface area (Å²) in [6.45, 7) is 7.45. The number of aromatic nitrogens is 1. The van der Waals surface area contributed by atoms with E-state index >= 15 is 0 Å². The predicted octanol–water partition coefficient (Wildman–Crippen LogP) is 3.60. The van der Waals surface area contributed by atoms with Gasteiger partial charge >= 0.3 is 0 Å². The van der Waals surface area contributed by atoms with Crippen molar-refractivity contribution in [1.82, 2.24) is 10.3 Å². The molecule has 2 heterocycles. The summed E-state index contributed by atoms with van der Waals surface area (Å²) in [4.78, 5) is 4.73. The van der Waals surface area contributed by atoms with Crippen molar-refractivity contribution in [3.05, 3.63) is 16.1 Å². The van der Waals surface area contributed by atoms with Gasteiger partial charge in [0.15, 0.2) is 0 Å². The lowest BCUT2D eigenvalue weighted by Gasteiger charge is -2.19. The van der Waals surface area contributed by atoms with Gasteiger partial charge in [0.05, 0.1) is 10.9 Å². The smallest absolute Gasteiger partial charge is 0.106 e. The maximum Gasteiger partial charge on any atom is 0.106 e. The zero-order chi connectivity index (χ0) is 11.6. The summed E-state index contributed by atoms with van der Waals surface area (Å²) in [6, 6.07) is 0. The van der Waals surface area contributed by atoms with Crippen molar-refractivity contribution >= 4 is 23.1 Å². The predicted molar refractivity (Wildman–Crippen MR) is 73.1 cm³/mol. The molecule has 1 aromatic rings. The molecule has 0 amide bonds. The number of thioether (sulfide) groups is 1. The van der Waals surface area contributed by atoms with Gasteiger partial charge in [-0.25, -0.2) is 4.98 Å². The average Bonchev–Trinajstić information content (AvgIpc) is 2.84. The number of thiazole rings is 1. The van der Waals surface area contributed by atoms with Crippen LogP contribution >= 0.6 is 23.1 Å². The van der Waals surface area contributed by atoms with Crippen LogP contribution in [0.15, 0.2) is 5.38 Å². The highest BCUT2D eigenvalue weighted by Gasteiger charge is 2.20. The van der Waals surface area contributed by atoms with E-state index < -0.39 is 0 Å². The van der Waals surface area contributed by atoms with Gasteiger partial charge in [-0.1, -0.05) is 0 Å². The SMILES string of the molecule is CC(C)(C)NCc1csc(C2CCCS2)n1. The van der Waals surface area contributed by atoms with Crippen LogP contribution < -0.4 is 5.32 Å². The van der Waals surface area contributed by atoms with E-state index in [0.29, 0.717) is 5.25 Å². The van der Waals surface area contributed by atoms with E-state index in [-0.39, 0.29) is 5.54 Å². The minimum Gasteiger partial charge on any atom is -0.306 e. The first-order chi connectivity index (χ1) is 7.54. The van der Waals surface area contributed by atoms with E-state index in [2.05, 4.69) is 43.2 Å². The maximum atomic E-state index is 4.73. The van der Waals surface area contributed by atoms with Crippen LogP contribution in [0.1, 0.15) is 49.6 Å². The van der Waals surface area contributed by atoms with Crippen molar-refractivity contribution in [3.8, 4) is 0 Å². The number of nitrogens with zero attached hydrogens (tertiary/aromatic N) is 1. The lowest BCUT2D eigenvalue weighted by atomic mass is 10.1. The second-order valence-electron chi connectivity index (χ2n) is 5.28. The fourth-order valence-electron chi connectivity index (χ4n) is 1.68.